The van der Waals surface area contributed by atoms with Crippen LogP contribution in [0.5, 0.6) is 17.2 Å². The Labute approximate surface area is 280 Å². The van der Waals surface area contributed by atoms with Gasteiger partial charge >= 0.3 is 6.18 Å². The zero-order valence-corrected chi connectivity index (χ0v) is 27.3. The maximum atomic E-state index is 16.2. The van der Waals surface area contributed by atoms with Gasteiger partial charge in [0, 0.05) is 54.2 Å². The highest BCUT2D eigenvalue weighted by atomic mass is 32.2. The van der Waals surface area contributed by atoms with Crippen LogP contribution >= 0.6 is 0 Å². The molecule has 0 amide bonds. The summed E-state index contributed by atoms with van der Waals surface area (Å²) in [6.07, 6.45) is -1.84. The average Bonchev–Trinajstić information content (AvgIpc) is 3.10. The van der Waals surface area contributed by atoms with Crippen molar-refractivity contribution in [1.29, 1.82) is 0 Å². The standard InChI is InChI=1S/C34H33F5N4O5S/c1-46-25-9-6-22(30(17-25)47-2)20-43(33-40-12-3-13-41-33)49(44,45)32-19-31-26(18-27(32)36)28(11-15-48-31)42-14-10-23(34(37,38)39)16-29(42)21-4-7-24(35)8-5-21/h3-9,12-13,17-19,23,28-29H,10-11,14-16,20H2,1-2H3/t23-,28+,29+/m1/s1. The number of rotatable bonds is 9. The molecule has 0 saturated carbocycles. The third-order valence-electron chi connectivity index (χ3n) is 8.99. The zero-order chi connectivity index (χ0) is 34.9. The van der Waals surface area contributed by atoms with Crippen molar-refractivity contribution in [3.63, 3.8) is 0 Å². The maximum Gasteiger partial charge on any atom is 0.391 e. The number of hydrogen-bond donors (Lipinski definition) is 0. The first-order valence-corrected chi connectivity index (χ1v) is 16.9. The molecular weight excluding hydrogens is 671 g/mol. The number of piperidine rings is 1. The molecule has 2 aliphatic heterocycles. The van der Waals surface area contributed by atoms with Gasteiger partial charge < -0.3 is 14.2 Å². The summed E-state index contributed by atoms with van der Waals surface area (Å²) in [5, 5.41) is 0. The molecule has 0 radical (unpaired) electrons. The molecule has 3 aromatic carbocycles. The first-order valence-electron chi connectivity index (χ1n) is 15.5. The second-order valence-corrected chi connectivity index (χ2v) is 13.6. The van der Waals surface area contributed by atoms with Gasteiger partial charge in [-0.3, -0.25) is 4.90 Å². The molecule has 3 atom stereocenters. The van der Waals surface area contributed by atoms with E-state index in [0.717, 1.165) is 16.4 Å². The zero-order valence-electron chi connectivity index (χ0n) is 26.5. The van der Waals surface area contributed by atoms with Crippen LogP contribution in [-0.2, 0) is 16.6 Å². The minimum absolute atomic E-state index is 0.0286. The minimum Gasteiger partial charge on any atom is -0.497 e. The van der Waals surface area contributed by atoms with Gasteiger partial charge in [-0.05, 0) is 61.3 Å². The van der Waals surface area contributed by atoms with Gasteiger partial charge in [-0.1, -0.05) is 12.1 Å². The molecule has 6 rings (SSSR count). The highest BCUT2D eigenvalue weighted by Gasteiger charge is 2.47. The van der Waals surface area contributed by atoms with E-state index >= 15 is 4.39 Å². The van der Waals surface area contributed by atoms with E-state index in [9.17, 15) is 26.0 Å². The number of ether oxygens (including phenoxy) is 3. The Balaban J connectivity index is 1.38. The van der Waals surface area contributed by atoms with Gasteiger partial charge in [-0.2, -0.15) is 13.2 Å². The molecule has 0 unspecified atom stereocenters. The summed E-state index contributed by atoms with van der Waals surface area (Å²) in [4.78, 5) is 9.39. The quantitative estimate of drug-likeness (QED) is 0.172. The van der Waals surface area contributed by atoms with Crippen LogP contribution in [-0.4, -0.2) is 56.8 Å². The van der Waals surface area contributed by atoms with E-state index in [2.05, 4.69) is 9.97 Å². The highest BCUT2D eigenvalue weighted by Crippen LogP contribution is 2.49. The molecule has 9 nitrogen and oxygen atoms in total. The first kappa shape index (κ1) is 34.4. The van der Waals surface area contributed by atoms with Crippen molar-refractivity contribution in [2.75, 3.05) is 31.7 Å². The van der Waals surface area contributed by atoms with Gasteiger partial charge in [0.1, 0.15) is 33.8 Å². The van der Waals surface area contributed by atoms with E-state index in [4.69, 9.17) is 14.2 Å². The molecule has 1 fully saturated rings. The van der Waals surface area contributed by atoms with Crippen LogP contribution in [0.2, 0.25) is 0 Å². The molecule has 0 N–H and O–H groups in total. The van der Waals surface area contributed by atoms with E-state index in [-0.39, 0.29) is 44.2 Å². The maximum absolute atomic E-state index is 16.2. The Hall–Kier alpha value is -4.50. The Kier molecular flexibility index (Phi) is 9.67. The molecule has 1 saturated heterocycles. The number of benzene rings is 3. The second-order valence-electron chi connectivity index (χ2n) is 11.8. The number of methoxy groups -OCH3 is 2. The lowest BCUT2D eigenvalue weighted by Gasteiger charge is -2.46. The van der Waals surface area contributed by atoms with Gasteiger partial charge in [-0.15, -0.1) is 0 Å². The highest BCUT2D eigenvalue weighted by molar-refractivity contribution is 7.92. The van der Waals surface area contributed by atoms with Crippen LogP contribution < -0.4 is 18.5 Å². The van der Waals surface area contributed by atoms with Crippen LogP contribution in [0.25, 0.3) is 0 Å². The summed E-state index contributed by atoms with van der Waals surface area (Å²) in [7, 11) is -1.80. The Morgan fingerprint density at radius 2 is 1.69 bits per heavy atom. The van der Waals surface area contributed by atoms with Crippen LogP contribution in [0.15, 0.2) is 78.0 Å². The normalized spacial score (nSPS) is 19.9. The number of nitrogens with zero attached hydrogens (tertiary/aromatic N) is 4. The predicted octanol–water partition coefficient (Wildman–Crippen LogP) is 7.01. The van der Waals surface area contributed by atoms with Crippen molar-refractivity contribution in [3.8, 4) is 17.2 Å². The van der Waals surface area contributed by atoms with Crippen LogP contribution in [0.3, 0.4) is 0 Å². The molecule has 4 aromatic rings. The summed E-state index contributed by atoms with van der Waals surface area (Å²) in [6.45, 7) is -0.194. The van der Waals surface area contributed by atoms with E-state index < -0.39 is 50.7 Å². The molecule has 2 aliphatic rings. The van der Waals surface area contributed by atoms with Crippen molar-refractivity contribution in [2.45, 2.75) is 49.0 Å². The first-order chi connectivity index (χ1) is 23.4. The molecule has 49 heavy (non-hydrogen) atoms. The summed E-state index contributed by atoms with van der Waals surface area (Å²) >= 11 is 0. The summed E-state index contributed by atoms with van der Waals surface area (Å²) in [6, 6.07) is 12.4. The summed E-state index contributed by atoms with van der Waals surface area (Å²) in [5.74, 6) is -2.52. The van der Waals surface area contributed by atoms with Crippen molar-refractivity contribution >= 4 is 16.0 Å². The van der Waals surface area contributed by atoms with Gasteiger partial charge in [-0.25, -0.2) is 31.5 Å². The fourth-order valence-corrected chi connectivity index (χ4v) is 7.94. The Morgan fingerprint density at radius 1 is 0.959 bits per heavy atom. The van der Waals surface area contributed by atoms with Crippen LogP contribution in [0.1, 0.15) is 48.0 Å². The molecule has 1 aromatic heterocycles. The second kappa shape index (κ2) is 13.8. The van der Waals surface area contributed by atoms with E-state index in [0.29, 0.717) is 34.6 Å². The lowest BCUT2D eigenvalue weighted by Crippen LogP contribution is -2.44. The monoisotopic (exact) mass is 704 g/mol. The summed E-state index contributed by atoms with van der Waals surface area (Å²) in [5.41, 5.74) is 1.22. The van der Waals surface area contributed by atoms with E-state index in [1.54, 1.807) is 18.2 Å². The average molecular weight is 705 g/mol. The molecule has 0 bridgehead atoms. The number of halogens is 5. The number of alkyl halides is 3. The van der Waals surface area contributed by atoms with Crippen LogP contribution in [0, 0.1) is 17.6 Å². The smallest absolute Gasteiger partial charge is 0.391 e. The minimum atomic E-state index is -4.69. The number of sulfonamides is 1. The molecular formula is C34H33F5N4O5S. The van der Waals surface area contributed by atoms with Crippen molar-refractivity contribution in [3.05, 3.63) is 101 Å². The van der Waals surface area contributed by atoms with Crippen LogP contribution in [0.4, 0.5) is 27.9 Å². The molecule has 260 valence electrons. The number of aromatic nitrogens is 2. The fourth-order valence-electron chi connectivity index (χ4n) is 6.52. The third-order valence-corrected chi connectivity index (χ3v) is 10.7. The van der Waals surface area contributed by atoms with Gasteiger partial charge in [0.2, 0.25) is 5.95 Å². The number of likely N-dealkylation sites (tertiary alicyclic amines) is 1. The molecule has 0 aliphatic carbocycles. The fraction of sp³-hybridized carbons (Fsp3) is 0.353. The lowest BCUT2D eigenvalue weighted by molar-refractivity contribution is -0.192. The SMILES string of the molecule is COc1ccc(CN(c2ncccn2)S(=O)(=O)c2cc3c(cc2F)[C@@H](N2CC[C@@H](C(F)(F)F)C[C@H]2c2ccc(F)cc2)CCO3)c(OC)c1. The van der Waals surface area contributed by atoms with Crippen molar-refractivity contribution < 1.29 is 44.6 Å². The molecule has 3 heterocycles. The van der Waals surface area contributed by atoms with E-state index in [1.807, 2.05) is 4.90 Å². The predicted molar refractivity (Wildman–Crippen MR) is 169 cm³/mol. The molecule has 0 spiro atoms. The number of hydrogen-bond acceptors (Lipinski definition) is 8. The topological polar surface area (TPSA) is 94.1 Å². The third kappa shape index (κ3) is 6.99. The number of fused-ring (bicyclic) bond motifs is 1. The van der Waals surface area contributed by atoms with E-state index in [1.165, 1.54) is 56.9 Å². The Bertz CT molecular complexity index is 1900. The lowest BCUT2D eigenvalue weighted by atomic mass is 9.84. The van der Waals surface area contributed by atoms with Crippen molar-refractivity contribution in [1.82, 2.24) is 14.9 Å². The Morgan fingerprint density at radius 3 is 2.37 bits per heavy atom. The van der Waals surface area contributed by atoms with Gasteiger partial charge in [0.05, 0.1) is 33.3 Å². The van der Waals surface area contributed by atoms with Gasteiger partial charge in [0.25, 0.3) is 10.0 Å². The molecule has 15 heteroatoms. The number of anilines is 1. The largest absolute Gasteiger partial charge is 0.497 e. The summed E-state index contributed by atoms with van der Waals surface area (Å²) < 4.78 is 118. The van der Waals surface area contributed by atoms with Crippen molar-refractivity contribution in [2.24, 2.45) is 5.92 Å². The van der Waals surface area contributed by atoms with Gasteiger partial charge in [0.15, 0.2) is 0 Å².